The Bertz CT molecular complexity index is 493. The summed E-state index contributed by atoms with van der Waals surface area (Å²) in [4.78, 5) is 0. The SMILES string of the molecule is CCc1nnc(CNc2cc(F)cc(F)c2)o1. The van der Waals surface area contributed by atoms with E-state index in [1.54, 1.807) is 0 Å². The zero-order chi connectivity index (χ0) is 12.3. The number of aryl methyl sites for hydroxylation is 1. The summed E-state index contributed by atoms with van der Waals surface area (Å²) in [5, 5.41) is 10.4. The van der Waals surface area contributed by atoms with Gasteiger partial charge in [0.25, 0.3) is 0 Å². The van der Waals surface area contributed by atoms with Crippen molar-refractivity contribution in [3.63, 3.8) is 0 Å². The molecule has 4 nitrogen and oxygen atoms in total. The quantitative estimate of drug-likeness (QED) is 0.890. The lowest BCUT2D eigenvalue weighted by atomic mass is 10.3. The van der Waals surface area contributed by atoms with Gasteiger partial charge in [0.2, 0.25) is 11.8 Å². The summed E-state index contributed by atoms with van der Waals surface area (Å²) in [6, 6.07) is 3.20. The van der Waals surface area contributed by atoms with Crippen LogP contribution in [0.3, 0.4) is 0 Å². The fourth-order valence-corrected chi connectivity index (χ4v) is 1.34. The largest absolute Gasteiger partial charge is 0.423 e. The molecule has 0 bridgehead atoms. The van der Waals surface area contributed by atoms with Crippen molar-refractivity contribution < 1.29 is 13.2 Å². The molecule has 0 radical (unpaired) electrons. The number of aromatic nitrogens is 2. The van der Waals surface area contributed by atoms with E-state index in [4.69, 9.17) is 4.42 Å². The van der Waals surface area contributed by atoms with Gasteiger partial charge in [-0.25, -0.2) is 8.78 Å². The Labute approximate surface area is 96.7 Å². The minimum atomic E-state index is -0.632. The maximum absolute atomic E-state index is 12.9. The number of halogens is 2. The topological polar surface area (TPSA) is 51.0 Å². The third kappa shape index (κ3) is 2.99. The fourth-order valence-electron chi connectivity index (χ4n) is 1.34. The Hall–Kier alpha value is -1.98. The van der Waals surface area contributed by atoms with E-state index >= 15 is 0 Å². The van der Waals surface area contributed by atoms with Crippen molar-refractivity contribution in [1.82, 2.24) is 10.2 Å². The average Bonchev–Trinajstić information content (AvgIpc) is 2.73. The van der Waals surface area contributed by atoms with Gasteiger partial charge in [-0.1, -0.05) is 6.92 Å². The molecule has 1 N–H and O–H groups in total. The van der Waals surface area contributed by atoms with E-state index in [2.05, 4.69) is 15.5 Å². The Kier molecular flexibility index (Phi) is 3.32. The Balaban J connectivity index is 2.01. The van der Waals surface area contributed by atoms with Gasteiger partial charge in [-0.3, -0.25) is 0 Å². The van der Waals surface area contributed by atoms with Crippen LogP contribution >= 0.6 is 0 Å². The van der Waals surface area contributed by atoms with Crippen LogP contribution < -0.4 is 5.32 Å². The molecule has 0 spiro atoms. The van der Waals surface area contributed by atoms with E-state index in [1.807, 2.05) is 6.92 Å². The summed E-state index contributed by atoms with van der Waals surface area (Å²) in [5.74, 6) is -0.349. The molecule has 0 saturated heterocycles. The van der Waals surface area contributed by atoms with E-state index in [0.717, 1.165) is 6.07 Å². The van der Waals surface area contributed by atoms with Gasteiger partial charge in [-0.05, 0) is 12.1 Å². The number of nitrogens with zero attached hydrogens (tertiary/aromatic N) is 2. The highest BCUT2D eigenvalue weighted by molar-refractivity contribution is 5.43. The molecule has 0 aliphatic heterocycles. The first-order chi connectivity index (χ1) is 8.17. The molecule has 1 aromatic carbocycles. The Morgan fingerprint density at radius 2 is 1.76 bits per heavy atom. The third-order valence-corrected chi connectivity index (χ3v) is 2.12. The van der Waals surface area contributed by atoms with E-state index in [0.29, 0.717) is 23.9 Å². The molecule has 6 heteroatoms. The molecule has 0 amide bonds. The standard InChI is InChI=1S/C11H11F2N3O/c1-2-10-15-16-11(17-10)6-14-9-4-7(12)3-8(13)5-9/h3-5,14H,2,6H2,1H3. The predicted octanol–water partition coefficient (Wildman–Crippen LogP) is 2.52. The van der Waals surface area contributed by atoms with Crippen molar-refractivity contribution in [1.29, 1.82) is 0 Å². The van der Waals surface area contributed by atoms with Gasteiger partial charge in [0.05, 0.1) is 6.54 Å². The number of rotatable bonds is 4. The normalized spacial score (nSPS) is 10.5. The van der Waals surface area contributed by atoms with Crippen molar-refractivity contribution in [3.05, 3.63) is 41.6 Å². The summed E-state index contributed by atoms with van der Waals surface area (Å²) in [6.45, 7) is 2.13. The summed E-state index contributed by atoms with van der Waals surface area (Å²) < 4.78 is 31.0. The van der Waals surface area contributed by atoms with Crippen LogP contribution in [0.15, 0.2) is 22.6 Å². The molecule has 2 rings (SSSR count). The van der Waals surface area contributed by atoms with Crippen LogP contribution in [0.25, 0.3) is 0 Å². The molecule has 0 aliphatic rings. The second-order valence-corrected chi connectivity index (χ2v) is 3.45. The smallest absolute Gasteiger partial charge is 0.235 e. The monoisotopic (exact) mass is 239 g/mol. The highest BCUT2D eigenvalue weighted by atomic mass is 19.1. The summed E-state index contributed by atoms with van der Waals surface area (Å²) >= 11 is 0. The van der Waals surface area contributed by atoms with Gasteiger partial charge in [-0.2, -0.15) is 0 Å². The minimum absolute atomic E-state index is 0.232. The summed E-state index contributed by atoms with van der Waals surface area (Å²) in [7, 11) is 0. The Morgan fingerprint density at radius 3 is 2.35 bits per heavy atom. The van der Waals surface area contributed by atoms with Gasteiger partial charge in [-0.15, -0.1) is 10.2 Å². The van der Waals surface area contributed by atoms with Crippen LogP contribution in [0.1, 0.15) is 18.7 Å². The Morgan fingerprint density at radius 1 is 1.12 bits per heavy atom. The van der Waals surface area contributed by atoms with Crippen LogP contribution in [0, 0.1) is 11.6 Å². The van der Waals surface area contributed by atoms with E-state index < -0.39 is 11.6 Å². The summed E-state index contributed by atoms with van der Waals surface area (Å²) in [5.41, 5.74) is 0.332. The van der Waals surface area contributed by atoms with Crippen molar-refractivity contribution >= 4 is 5.69 Å². The number of anilines is 1. The molecule has 2 aromatic rings. The van der Waals surface area contributed by atoms with Crippen LogP contribution in [0.4, 0.5) is 14.5 Å². The van der Waals surface area contributed by atoms with Crippen molar-refractivity contribution in [2.24, 2.45) is 0 Å². The highest BCUT2D eigenvalue weighted by Crippen LogP contribution is 2.13. The first kappa shape index (κ1) is 11.5. The lowest BCUT2D eigenvalue weighted by molar-refractivity contribution is 0.460. The molecule has 0 fully saturated rings. The molecule has 0 atom stereocenters. The second kappa shape index (κ2) is 4.90. The molecule has 0 saturated carbocycles. The number of hydrogen-bond donors (Lipinski definition) is 1. The average molecular weight is 239 g/mol. The van der Waals surface area contributed by atoms with E-state index in [9.17, 15) is 8.78 Å². The number of benzene rings is 1. The maximum Gasteiger partial charge on any atom is 0.235 e. The predicted molar refractivity (Wildman–Crippen MR) is 57.4 cm³/mol. The van der Waals surface area contributed by atoms with Crippen molar-refractivity contribution in [3.8, 4) is 0 Å². The first-order valence-corrected chi connectivity index (χ1v) is 5.18. The van der Waals surface area contributed by atoms with Gasteiger partial charge in [0.1, 0.15) is 11.6 Å². The fraction of sp³-hybridized carbons (Fsp3) is 0.273. The van der Waals surface area contributed by atoms with Crippen molar-refractivity contribution in [2.75, 3.05) is 5.32 Å². The summed E-state index contributed by atoms with van der Waals surface area (Å²) in [6.07, 6.45) is 0.654. The highest BCUT2D eigenvalue weighted by Gasteiger charge is 2.05. The minimum Gasteiger partial charge on any atom is -0.423 e. The molecule has 1 aromatic heterocycles. The lowest BCUT2D eigenvalue weighted by Crippen LogP contribution is -2.00. The molecule has 17 heavy (non-hydrogen) atoms. The molecular formula is C11H11F2N3O. The zero-order valence-electron chi connectivity index (χ0n) is 9.20. The van der Waals surface area contributed by atoms with Gasteiger partial charge < -0.3 is 9.73 Å². The molecule has 1 heterocycles. The van der Waals surface area contributed by atoms with E-state index in [-0.39, 0.29) is 6.54 Å². The number of nitrogens with one attached hydrogen (secondary N) is 1. The maximum atomic E-state index is 12.9. The molecule has 90 valence electrons. The van der Waals surface area contributed by atoms with Crippen LogP contribution in [-0.4, -0.2) is 10.2 Å². The van der Waals surface area contributed by atoms with Crippen LogP contribution in [-0.2, 0) is 13.0 Å². The van der Waals surface area contributed by atoms with Gasteiger partial charge >= 0.3 is 0 Å². The van der Waals surface area contributed by atoms with Crippen LogP contribution in [0.5, 0.6) is 0 Å². The van der Waals surface area contributed by atoms with Gasteiger partial charge in [0.15, 0.2) is 0 Å². The number of hydrogen-bond acceptors (Lipinski definition) is 4. The molecule has 0 aliphatic carbocycles. The van der Waals surface area contributed by atoms with Gasteiger partial charge in [0, 0.05) is 18.2 Å². The third-order valence-electron chi connectivity index (χ3n) is 2.12. The first-order valence-electron chi connectivity index (χ1n) is 5.18. The van der Waals surface area contributed by atoms with E-state index in [1.165, 1.54) is 12.1 Å². The van der Waals surface area contributed by atoms with Crippen molar-refractivity contribution in [2.45, 2.75) is 19.9 Å². The molecular weight excluding hydrogens is 228 g/mol. The zero-order valence-corrected chi connectivity index (χ0v) is 9.20. The second-order valence-electron chi connectivity index (χ2n) is 3.45. The molecule has 0 unspecified atom stereocenters. The van der Waals surface area contributed by atoms with Crippen LogP contribution in [0.2, 0.25) is 0 Å². The lowest BCUT2D eigenvalue weighted by Gasteiger charge is -2.03.